The van der Waals surface area contributed by atoms with Crippen molar-refractivity contribution in [3.63, 3.8) is 0 Å². The molecule has 1 atom stereocenters. The molecule has 4 heterocycles. The Balaban J connectivity index is 1.62. The molecular formula is C14H20N2O2. The standard InChI is InChI=1S/C14H20N2O2/c1-17-10-13-3-2-12(18-13)8-15-14-9-16-6-4-11(14)5-7-16/h2-3,8,11,14H,4-7,9-10H2,1H3. The maximum Gasteiger partial charge on any atom is 0.144 e. The van der Waals surface area contributed by atoms with Crippen LogP contribution in [0.5, 0.6) is 0 Å². The summed E-state index contributed by atoms with van der Waals surface area (Å²) in [5.41, 5.74) is 0. The molecule has 3 fully saturated rings. The maximum absolute atomic E-state index is 5.61. The number of methoxy groups -OCH3 is 1. The van der Waals surface area contributed by atoms with Crippen molar-refractivity contribution in [2.24, 2.45) is 10.9 Å². The molecule has 1 aromatic rings. The summed E-state index contributed by atoms with van der Waals surface area (Å²) in [4.78, 5) is 7.22. The van der Waals surface area contributed by atoms with E-state index in [0.717, 1.165) is 24.0 Å². The summed E-state index contributed by atoms with van der Waals surface area (Å²) in [5.74, 6) is 2.46. The number of hydrogen-bond acceptors (Lipinski definition) is 4. The number of ether oxygens (including phenoxy) is 1. The van der Waals surface area contributed by atoms with Gasteiger partial charge in [0.1, 0.15) is 18.1 Å². The van der Waals surface area contributed by atoms with Crippen LogP contribution in [-0.2, 0) is 11.3 Å². The molecule has 0 aliphatic carbocycles. The first kappa shape index (κ1) is 11.9. The number of piperidine rings is 3. The van der Waals surface area contributed by atoms with Gasteiger partial charge in [-0.3, -0.25) is 4.99 Å². The smallest absolute Gasteiger partial charge is 0.144 e. The molecule has 0 saturated carbocycles. The fourth-order valence-corrected chi connectivity index (χ4v) is 2.96. The zero-order valence-corrected chi connectivity index (χ0v) is 10.8. The van der Waals surface area contributed by atoms with Crippen LogP contribution >= 0.6 is 0 Å². The Bertz CT molecular complexity index is 419. The molecule has 3 aliphatic rings. The molecule has 0 amide bonds. The summed E-state index contributed by atoms with van der Waals surface area (Å²) in [6, 6.07) is 4.36. The molecule has 3 aliphatic heterocycles. The van der Waals surface area contributed by atoms with E-state index in [-0.39, 0.29) is 0 Å². The normalized spacial score (nSPS) is 31.3. The van der Waals surface area contributed by atoms with Crippen molar-refractivity contribution in [1.82, 2.24) is 4.90 Å². The summed E-state index contributed by atoms with van der Waals surface area (Å²) >= 11 is 0. The molecule has 1 unspecified atom stereocenters. The first-order valence-corrected chi connectivity index (χ1v) is 6.68. The van der Waals surface area contributed by atoms with Crippen LogP contribution in [0.4, 0.5) is 0 Å². The van der Waals surface area contributed by atoms with Crippen LogP contribution in [-0.4, -0.2) is 43.9 Å². The monoisotopic (exact) mass is 248 g/mol. The average Bonchev–Trinajstić information content (AvgIpc) is 2.86. The Morgan fingerprint density at radius 1 is 1.44 bits per heavy atom. The number of fused-ring (bicyclic) bond motifs is 3. The average molecular weight is 248 g/mol. The van der Waals surface area contributed by atoms with E-state index >= 15 is 0 Å². The molecule has 3 saturated heterocycles. The lowest BCUT2D eigenvalue weighted by atomic mass is 9.84. The largest absolute Gasteiger partial charge is 0.458 e. The summed E-state index contributed by atoms with van der Waals surface area (Å²) in [5, 5.41) is 0. The molecule has 4 nitrogen and oxygen atoms in total. The second-order valence-electron chi connectivity index (χ2n) is 5.22. The highest BCUT2D eigenvalue weighted by Crippen LogP contribution is 2.29. The van der Waals surface area contributed by atoms with Crippen LogP contribution in [0.3, 0.4) is 0 Å². The lowest BCUT2D eigenvalue weighted by molar-refractivity contribution is 0.0908. The fourth-order valence-electron chi connectivity index (χ4n) is 2.96. The molecule has 18 heavy (non-hydrogen) atoms. The van der Waals surface area contributed by atoms with Gasteiger partial charge in [0.2, 0.25) is 0 Å². The predicted molar refractivity (Wildman–Crippen MR) is 70.0 cm³/mol. The summed E-state index contributed by atoms with van der Waals surface area (Å²) in [6.45, 7) is 4.16. The molecule has 98 valence electrons. The van der Waals surface area contributed by atoms with Gasteiger partial charge < -0.3 is 14.1 Å². The highest BCUT2D eigenvalue weighted by atomic mass is 16.5. The van der Waals surface area contributed by atoms with E-state index in [1.54, 1.807) is 7.11 Å². The molecule has 4 heteroatoms. The van der Waals surface area contributed by atoms with E-state index < -0.39 is 0 Å². The second kappa shape index (κ2) is 5.24. The zero-order chi connectivity index (χ0) is 12.4. The minimum absolute atomic E-state index is 0.462. The van der Waals surface area contributed by atoms with Gasteiger partial charge >= 0.3 is 0 Å². The van der Waals surface area contributed by atoms with Crippen LogP contribution in [0.25, 0.3) is 0 Å². The SMILES string of the molecule is COCc1ccc(C=NC2CN3CCC2CC3)o1. The number of aliphatic imine (C=N–C) groups is 1. The van der Waals surface area contributed by atoms with E-state index in [2.05, 4.69) is 4.90 Å². The Labute approximate surface area is 108 Å². The molecule has 0 aromatic carbocycles. The van der Waals surface area contributed by atoms with Gasteiger partial charge in [0, 0.05) is 13.7 Å². The van der Waals surface area contributed by atoms with Gasteiger partial charge in [-0.15, -0.1) is 0 Å². The molecule has 0 spiro atoms. The molecule has 1 aromatic heterocycles. The van der Waals surface area contributed by atoms with Gasteiger partial charge in [-0.05, 0) is 44.0 Å². The van der Waals surface area contributed by atoms with Crippen LogP contribution < -0.4 is 0 Å². The van der Waals surface area contributed by atoms with Crippen LogP contribution in [0.2, 0.25) is 0 Å². The zero-order valence-electron chi connectivity index (χ0n) is 10.8. The Hall–Kier alpha value is -1.13. The Kier molecular flexibility index (Phi) is 3.48. The van der Waals surface area contributed by atoms with Crippen molar-refractivity contribution in [2.45, 2.75) is 25.5 Å². The molecule has 4 rings (SSSR count). The van der Waals surface area contributed by atoms with Gasteiger partial charge in [-0.2, -0.15) is 0 Å². The molecule has 0 radical (unpaired) electrons. The van der Waals surface area contributed by atoms with Crippen molar-refractivity contribution >= 4 is 6.21 Å². The van der Waals surface area contributed by atoms with Crippen LogP contribution in [0.1, 0.15) is 24.4 Å². The molecule has 0 N–H and O–H groups in total. The highest BCUT2D eigenvalue weighted by Gasteiger charge is 2.33. The highest BCUT2D eigenvalue weighted by molar-refractivity contribution is 5.76. The molecular weight excluding hydrogens is 228 g/mol. The third-order valence-corrected chi connectivity index (χ3v) is 3.98. The number of rotatable bonds is 4. The van der Waals surface area contributed by atoms with Crippen molar-refractivity contribution in [1.29, 1.82) is 0 Å². The lowest BCUT2D eigenvalue weighted by Gasteiger charge is -2.42. The van der Waals surface area contributed by atoms with E-state index in [1.807, 2.05) is 18.3 Å². The van der Waals surface area contributed by atoms with E-state index in [1.165, 1.54) is 25.9 Å². The van der Waals surface area contributed by atoms with Gasteiger partial charge in [0.25, 0.3) is 0 Å². The minimum atomic E-state index is 0.462. The summed E-state index contributed by atoms with van der Waals surface area (Å²) in [7, 11) is 1.67. The van der Waals surface area contributed by atoms with E-state index in [0.29, 0.717) is 12.6 Å². The maximum atomic E-state index is 5.61. The first-order valence-electron chi connectivity index (χ1n) is 6.68. The van der Waals surface area contributed by atoms with Gasteiger partial charge in [0.15, 0.2) is 0 Å². The quantitative estimate of drug-likeness (QED) is 0.764. The fraction of sp³-hybridized carbons (Fsp3) is 0.643. The third-order valence-electron chi connectivity index (χ3n) is 3.98. The summed E-state index contributed by atoms with van der Waals surface area (Å²) in [6.07, 6.45) is 4.48. The Morgan fingerprint density at radius 2 is 2.28 bits per heavy atom. The van der Waals surface area contributed by atoms with Gasteiger partial charge in [-0.25, -0.2) is 0 Å². The first-order chi connectivity index (χ1) is 8.85. The second-order valence-corrected chi connectivity index (χ2v) is 5.22. The Morgan fingerprint density at radius 3 is 2.94 bits per heavy atom. The van der Waals surface area contributed by atoms with Crippen LogP contribution in [0, 0.1) is 5.92 Å². The topological polar surface area (TPSA) is 38.0 Å². The van der Waals surface area contributed by atoms with Crippen molar-refractivity contribution in [2.75, 3.05) is 26.7 Å². The van der Waals surface area contributed by atoms with Gasteiger partial charge in [0.05, 0.1) is 12.3 Å². The minimum Gasteiger partial charge on any atom is -0.458 e. The van der Waals surface area contributed by atoms with Gasteiger partial charge in [-0.1, -0.05) is 0 Å². The number of nitrogens with zero attached hydrogens (tertiary/aromatic N) is 2. The van der Waals surface area contributed by atoms with Crippen LogP contribution in [0.15, 0.2) is 21.5 Å². The summed E-state index contributed by atoms with van der Waals surface area (Å²) < 4.78 is 10.6. The van der Waals surface area contributed by atoms with Crippen molar-refractivity contribution in [3.8, 4) is 0 Å². The number of furan rings is 1. The van der Waals surface area contributed by atoms with E-state index in [4.69, 9.17) is 14.1 Å². The predicted octanol–water partition coefficient (Wildman–Crippen LogP) is 1.94. The van der Waals surface area contributed by atoms with Crippen molar-refractivity contribution < 1.29 is 9.15 Å². The molecule has 2 bridgehead atoms. The third kappa shape index (κ3) is 2.49. The number of hydrogen-bond donors (Lipinski definition) is 0. The van der Waals surface area contributed by atoms with Crippen molar-refractivity contribution in [3.05, 3.63) is 23.7 Å². The lowest BCUT2D eigenvalue weighted by Crippen LogP contribution is -2.49. The van der Waals surface area contributed by atoms with E-state index in [9.17, 15) is 0 Å².